The number of nitrogens with zero attached hydrogens (tertiary/aromatic N) is 3. The van der Waals surface area contributed by atoms with Gasteiger partial charge in [0.05, 0.1) is 15.6 Å². The van der Waals surface area contributed by atoms with E-state index in [1.54, 1.807) is 41.6 Å². The molecule has 1 N–H and O–H groups in total. The molecule has 6 nitrogen and oxygen atoms in total. The van der Waals surface area contributed by atoms with Crippen LogP contribution in [0, 0.1) is 0 Å². The second kappa shape index (κ2) is 6.72. The molecular formula is C19H14Cl2N4O2. The molecule has 0 spiro atoms. The predicted octanol–water partition coefficient (Wildman–Crippen LogP) is 4.95. The van der Waals surface area contributed by atoms with Gasteiger partial charge in [0.25, 0.3) is 5.91 Å². The van der Waals surface area contributed by atoms with Crippen molar-refractivity contribution in [2.24, 2.45) is 0 Å². The number of furan rings is 2. The van der Waals surface area contributed by atoms with Crippen LogP contribution in [-0.4, -0.2) is 30.0 Å². The Bertz CT molecular complexity index is 1120. The monoisotopic (exact) mass is 400 g/mol. The lowest BCUT2D eigenvalue weighted by Crippen LogP contribution is -2.14. The number of carbonyl (C=O) groups excluding carboxylic acids is 1. The van der Waals surface area contributed by atoms with Crippen molar-refractivity contribution >= 4 is 51.9 Å². The minimum atomic E-state index is -0.311. The lowest BCUT2D eigenvalue weighted by Gasteiger charge is -2.11. The smallest absolute Gasteiger partial charge is 0.260 e. The molecule has 0 radical (unpaired) electrons. The molecule has 4 aromatic rings. The zero-order valence-corrected chi connectivity index (χ0v) is 16.0. The van der Waals surface area contributed by atoms with Crippen LogP contribution in [0.3, 0.4) is 0 Å². The van der Waals surface area contributed by atoms with Crippen molar-refractivity contribution in [1.82, 2.24) is 9.97 Å². The number of benzene rings is 2. The van der Waals surface area contributed by atoms with Gasteiger partial charge in [-0.1, -0.05) is 23.2 Å². The zero-order chi connectivity index (χ0) is 19.1. The maximum atomic E-state index is 12.9. The van der Waals surface area contributed by atoms with Crippen LogP contribution in [0.1, 0.15) is 10.4 Å². The molecule has 0 atom stereocenters. The fourth-order valence-corrected chi connectivity index (χ4v) is 3.11. The maximum Gasteiger partial charge on any atom is 0.260 e. The van der Waals surface area contributed by atoms with Gasteiger partial charge in [-0.3, -0.25) is 4.79 Å². The highest BCUT2D eigenvalue weighted by atomic mass is 35.5. The summed E-state index contributed by atoms with van der Waals surface area (Å²) in [6.07, 6.45) is 3.35. The zero-order valence-electron chi connectivity index (χ0n) is 14.5. The number of hydrogen-bond acceptors (Lipinski definition) is 5. The van der Waals surface area contributed by atoms with Gasteiger partial charge in [0, 0.05) is 43.3 Å². The number of anilines is 2. The van der Waals surface area contributed by atoms with Gasteiger partial charge in [-0.05, 0) is 30.3 Å². The predicted molar refractivity (Wildman–Crippen MR) is 107 cm³/mol. The highest BCUT2D eigenvalue weighted by molar-refractivity contribution is 6.42. The number of carbonyl (C=O) groups is 1. The van der Waals surface area contributed by atoms with Gasteiger partial charge in [-0.2, -0.15) is 0 Å². The van der Waals surface area contributed by atoms with Crippen molar-refractivity contribution in [2.45, 2.75) is 0 Å². The molecule has 4 rings (SSSR count). The van der Waals surface area contributed by atoms with E-state index in [1.165, 1.54) is 0 Å². The first-order valence-corrected chi connectivity index (χ1v) is 8.80. The molecule has 1 amide bonds. The maximum absolute atomic E-state index is 12.9. The normalized spacial score (nSPS) is 11.1. The van der Waals surface area contributed by atoms with Crippen molar-refractivity contribution in [3.63, 3.8) is 0 Å². The van der Waals surface area contributed by atoms with Crippen LogP contribution in [0.2, 0.25) is 10.0 Å². The van der Waals surface area contributed by atoms with Gasteiger partial charge < -0.3 is 14.6 Å². The van der Waals surface area contributed by atoms with E-state index < -0.39 is 0 Å². The van der Waals surface area contributed by atoms with E-state index in [-0.39, 0.29) is 5.91 Å². The standard InChI is InChI=1S/C19H14Cl2N4O2/c1-25(2)19-22-8-10(9-23-19)16-14-5-6-15(27-14)17(16)18(26)24-11-3-4-12(20)13(21)7-11/h3-9H,1-2H3,(H,24,26). The van der Waals surface area contributed by atoms with Gasteiger partial charge in [-0.25, -0.2) is 9.97 Å². The Balaban J connectivity index is 1.71. The first kappa shape index (κ1) is 17.6. The molecule has 3 aromatic heterocycles. The number of halogens is 2. The molecule has 3 heterocycles. The highest BCUT2D eigenvalue weighted by Gasteiger charge is 2.24. The number of hydrogen-bond donors (Lipinski definition) is 1. The Morgan fingerprint density at radius 2 is 1.74 bits per heavy atom. The third kappa shape index (κ3) is 3.18. The summed E-state index contributed by atoms with van der Waals surface area (Å²) >= 11 is 11.9. The van der Waals surface area contributed by atoms with E-state index in [0.717, 1.165) is 0 Å². The Labute approximate surface area is 165 Å². The van der Waals surface area contributed by atoms with Gasteiger partial charge in [0.2, 0.25) is 5.95 Å². The summed E-state index contributed by atoms with van der Waals surface area (Å²) in [4.78, 5) is 23.4. The average Bonchev–Trinajstić information content (AvgIpc) is 3.26. The van der Waals surface area contributed by atoms with Crippen LogP contribution in [0.4, 0.5) is 11.6 Å². The number of rotatable bonds is 4. The average molecular weight is 401 g/mol. The van der Waals surface area contributed by atoms with Crippen molar-refractivity contribution < 1.29 is 9.21 Å². The SMILES string of the molecule is CN(C)c1ncc(-c2c(C(=O)Nc3ccc(Cl)c(Cl)c3)c3ccc2o3)cn1. The Morgan fingerprint density at radius 1 is 1.04 bits per heavy atom. The summed E-state index contributed by atoms with van der Waals surface area (Å²) in [5.41, 5.74) is 3.43. The van der Waals surface area contributed by atoms with E-state index in [9.17, 15) is 4.79 Å². The Morgan fingerprint density at radius 3 is 2.41 bits per heavy atom. The van der Waals surface area contributed by atoms with E-state index in [0.29, 0.717) is 49.5 Å². The number of amides is 1. The molecule has 8 heteroatoms. The third-order valence-corrected chi connectivity index (χ3v) is 4.82. The van der Waals surface area contributed by atoms with Crippen LogP contribution in [0.15, 0.2) is 47.1 Å². The molecule has 27 heavy (non-hydrogen) atoms. The summed E-state index contributed by atoms with van der Waals surface area (Å²) in [7, 11) is 3.72. The minimum Gasteiger partial charge on any atom is -0.456 e. The first-order chi connectivity index (χ1) is 12.9. The lowest BCUT2D eigenvalue weighted by atomic mass is 10.0. The van der Waals surface area contributed by atoms with Crippen LogP contribution >= 0.6 is 23.2 Å². The number of aromatic nitrogens is 2. The summed E-state index contributed by atoms with van der Waals surface area (Å²) in [5, 5.41) is 3.61. The Kier molecular flexibility index (Phi) is 4.37. The van der Waals surface area contributed by atoms with Crippen LogP contribution in [0.5, 0.6) is 0 Å². The molecule has 0 aliphatic heterocycles. The van der Waals surface area contributed by atoms with Crippen molar-refractivity contribution in [2.75, 3.05) is 24.3 Å². The first-order valence-electron chi connectivity index (χ1n) is 8.05. The molecule has 0 saturated heterocycles. The van der Waals surface area contributed by atoms with Crippen molar-refractivity contribution in [3.8, 4) is 11.1 Å². The number of nitrogens with one attached hydrogen (secondary N) is 1. The fourth-order valence-electron chi connectivity index (χ4n) is 2.81. The molecule has 0 saturated carbocycles. The van der Waals surface area contributed by atoms with Gasteiger partial charge >= 0.3 is 0 Å². The molecular weight excluding hydrogens is 387 g/mol. The van der Waals surface area contributed by atoms with Crippen LogP contribution in [-0.2, 0) is 0 Å². The van der Waals surface area contributed by atoms with E-state index in [1.807, 2.05) is 20.2 Å². The minimum absolute atomic E-state index is 0.311. The van der Waals surface area contributed by atoms with Crippen LogP contribution in [0.25, 0.3) is 22.3 Å². The van der Waals surface area contributed by atoms with E-state index in [4.69, 9.17) is 27.6 Å². The second-order valence-electron chi connectivity index (χ2n) is 6.16. The highest BCUT2D eigenvalue weighted by Crippen LogP contribution is 2.37. The number of fused-ring (bicyclic) bond motifs is 2. The summed E-state index contributed by atoms with van der Waals surface area (Å²) in [5.74, 6) is 0.271. The topological polar surface area (TPSA) is 71.3 Å². The summed E-state index contributed by atoms with van der Waals surface area (Å²) in [6.45, 7) is 0. The fraction of sp³-hybridized carbons (Fsp3) is 0.105. The molecule has 0 unspecified atom stereocenters. The molecule has 136 valence electrons. The molecule has 0 aliphatic carbocycles. The molecule has 1 aromatic carbocycles. The quantitative estimate of drug-likeness (QED) is 0.524. The van der Waals surface area contributed by atoms with E-state index in [2.05, 4.69) is 15.3 Å². The largest absolute Gasteiger partial charge is 0.456 e. The Hall–Kier alpha value is -2.83. The van der Waals surface area contributed by atoms with Gasteiger partial charge in [0.1, 0.15) is 11.2 Å². The van der Waals surface area contributed by atoms with Crippen molar-refractivity contribution in [1.29, 1.82) is 0 Å². The molecule has 0 aliphatic rings. The second-order valence-corrected chi connectivity index (χ2v) is 6.98. The third-order valence-electron chi connectivity index (χ3n) is 4.08. The van der Waals surface area contributed by atoms with Crippen molar-refractivity contribution in [3.05, 3.63) is 58.3 Å². The lowest BCUT2D eigenvalue weighted by molar-refractivity contribution is 0.102. The summed E-state index contributed by atoms with van der Waals surface area (Å²) in [6, 6.07) is 8.49. The molecule has 0 fully saturated rings. The van der Waals surface area contributed by atoms with Gasteiger partial charge in [-0.15, -0.1) is 0 Å². The van der Waals surface area contributed by atoms with Gasteiger partial charge in [0.15, 0.2) is 0 Å². The van der Waals surface area contributed by atoms with E-state index >= 15 is 0 Å². The summed E-state index contributed by atoms with van der Waals surface area (Å²) < 4.78 is 5.71. The van der Waals surface area contributed by atoms with Crippen LogP contribution < -0.4 is 10.2 Å². The molecule has 2 bridgehead atoms.